The molecule has 0 saturated heterocycles. The average molecular weight is 338 g/mol. The molecular weight excluding hydrogens is 323 g/mol. The van der Waals surface area contributed by atoms with Crippen LogP contribution in [-0.2, 0) is 4.74 Å². The molecule has 1 N–H and O–H groups in total. The van der Waals surface area contributed by atoms with Crippen LogP contribution in [0, 0.1) is 5.82 Å². The molecule has 0 unspecified atom stereocenters. The third-order valence-corrected chi connectivity index (χ3v) is 3.63. The molecule has 25 heavy (non-hydrogen) atoms. The maximum atomic E-state index is 13.1. The Hall–Kier alpha value is -3.28. The third-order valence-electron chi connectivity index (χ3n) is 3.63. The largest absolute Gasteiger partial charge is 0.461 e. The number of nitrogens with one attached hydrogen (secondary N) is 1. The normalized spacial score (nSPS) is 10.5. The maximum Gasteiger partial charge on any atom is 0.357 e. The molecule has 3 aromatic rings. The molecule has 0 fully saturated rings. The number of carbonyl (C=O) groups is 1. The second-order valence-corrected chi connectivity index (χ2v) is 5.24. The highest BCUT2D eigenvalue weighted by Crippen LogP contribution is 2.22. The van der Waals surface area contributed by atoms with Gasteiger partial charge in [0.1, 0.15) is 11.5 Å². The van der Waals surface area contributed by atoms with E-state index in [1.165, 1.54) is 24.3 Å². The summed E-state index contributed by atoms with van der Waals surface area (Å²) in [5, 5.41) is 6.63. The minimum Gasteiger partial charge on any atom is -0.461 e. The van der Waals surface area contributed by atoms with Gasteiger partial charge in [-0.2, -0.15) is 5.10 Å². The number of nitrogens with zero attached hydrogens (tertiary/aromatic N) is 1. The quantitative estimate of drug-likeness (QED) is 0.740. The van der Waals surface area contributed by atoms with E-state index in [4.69, 9.17) is 4.74 Å². The standard InChI is InChI=1S/C19H15FN2O3/c1-2-25-19(24)17-15(12-6-4-3-5-7-12)18(23)16(21-22-17)13-8-10-14(20)11-9-13/h3-11H,2H2,1H3,(H,22,23). The highest BCUT2D eigenvalue weighted by atomic mass is 19.1. The lowest BCUT2D eigenvalue weighted by Crippen LogP contribution is -2.20. The predicted molar refractivity (Wildman–Crippen MR) is 91.6 cm³/mol. The molecule has 0 bridgehead atoms. The molecule has 126 valence electrons. The van der Waals surface area contributed by atoms with Crippen LogP contribution in [-0.4, -0.2) is 22.8 Å². The zero-order valence-electron chi connectivity index (χ0n) is 13.5. The summed E-state index contributed by atoms with van der Waals surface area (Å²) in [6, 6.07) is 14.2. The van der Waals surface area contributed by atoms with Crippen molar-refractivity contribution in [3.8, 4) is 22.4 Å². The van der Waals surface area contributed by atoms with Gasteiger partial charge in [-0.05, 0) is 36.8 Å². The van der Waals surface area contributed by atoms with E-state index in [1.54, 1.807) is 31.2 Å². The van der Waals surface area contributed by atoms with Gasteiger partial charge in [-0.25, -0.2) is 9.18 Å². The van der Waals surface area contributed by atoms with Crippen molar-refractivity contribution in [2.75, 3.05) is 6.61 Å². The van der Waals surface area contributed by atoms with Gasteiger partial charge < -0.3 is 4.74 Å². The second kappa shape index (κ2) is 7.09. The zero-order valence-corrected chi connectivity index (χ0v) is 13.5. The summed E-state index contributed by atoms with van der Waals surface area (Å²) in [4.78, 5) is 25.2. The first kappa shape index (κ1) is 16.6. The van der Waals surface area contributed by atoms with Gasteiger partial charge in [0, 0.05) is 5.56 Å². The summed E-state index contributed by atoms with van der Waals surface area (Å²) in [5.41, 5.74) is 0.858. The fourth-order valence-electron chi connectivity index (χ4n) is 2.49. The monoisotopic (exact) mass is 338 g/mol. The molecule has 0 aliphatic heterocycles. The summed E-state index contributed by atoms with van der Waals surface area (Å²) in [6.07, 6.45) is 0. The fourth-order valence-corrected chi connectivity index (χ4v) is 2.49. The fraction of sp³-hybridized carbons (Fsp3) is 0.105. The summed E-state index contributed by atoms with van der Waals surface area (Å²) in [5.74, 6) is -1.07. The van der Waals surface area contributed by atoms with E-state index in [0.29, 0.717) is 11.1 Å². The number of aromatic nitrogens is 2. The number of ether oxygens (including phenoxy) is 1. The van der Waals surface area contributed by atoms with Crippen LogP contribution in [0.1, 0.15) is 17.4 Å². The van der Waals surface area contributed by atoms with Crippen molar-refractivity contribution in [1.29, 1.82) is 0 Å². The third kappa shape index (κ3) is 3.33. The van der Waals surface area contributed by atoms with Gasteiger partial charge in [0.05, 0.1) is 12.2 Å². The summed E-state index contributed by atoms with van der Waals surface area (Å²) in [6.45, 7) is 1.85. The van der Waals surface area contributed by atoms with Crippen molar-refractivity contribution in [1.82, 2.24) is 10.2 Å². The first-order valence-corrected chi connectivity index (χ1v) is 7.73. The Morgan fingerprint density at radius 1 is 1.08 bits per heavy atom. The van der Waals surface area contributed by atoms with Crippen LogP contribution < -0.4 is 5.43 Å². The molecule has 0 aliphatic rings. The van der Waals surface area contributed by atoms with E-state index in [2.05, 4.69) is 10.2 Å². The van der Waals surface area contributed by atoms with Crippen LogP contribution in [0.2, 0.25) is 0 Å². The summed E-state index contributed by atoms with van der Waals surface area (Å²) >= 11 is 0. The number of carbonyl (C=O) groups excluding carboxylic acids is 1. The molecule has 6 heteroatoms. The SMILES string of the molecule is CCOC(=O)c1[nH]nc(-c2ccc(F)cc2)c(=O)c1-c1ccccc1. The van der Waals surface area contributed by atoms with Gasteiger partial charge in [0.25, 0.3) is 0 Å². The number of H-pyrrole nitrogens is 1. The number of esters is 1. The molecule has 2 aromatic carbocycles. The van der Waals surface area contributed by atoms with Gasteiger partial charge in [-0.15, -0.1) is 0 Å². The molecule has 0 atom stereocenters. The lowest BCUT2D eigenvalue weighted by atomic mass is 10.0. The molecular formula is C19H15FN2O3. The van der Waals surface area contributed by atoms with E-state index >= 15 is 0 Å². The van der Waals surface area contributed by atoms with Crippen LogP contribution in [0.5, 0.6) is 0 Å². The Morgan fingerprint density at radius 2 is 1.76 bits per heavy atom. The lowest BCUT2D eigenvalue weighted by Gasteiger charge is -2.10. The first-order chi connectivity index (χ1) is 12.1. The Morgan fingerprint density at radius 3 is 2.40 bits per heavy atom. The Bertz CT molecular complexity index is 951. The summed E-state index contributed by atoms with van der Waals surface area (Å²) < 4.78 is 18.1. The van der Waals surface area contributed by atoms with Gasteiger partial charge in [0.15, 0.2) is 5.69 Å². The smallest absolute Gasteiger partial charge is 0.357 e. The molecule has 0 saturated carbocycles. The molecule has 0 radical (unpaired) electrons. The first-order valence-electron chi connectivity index (χ1n) is 7.73. The molecule has 0 spiro atoms. The highest BCUT2D eigenvalue weighted by Gasteiger charge is 2.21. The number of aromatic amines is 1. The molecule has 1 aromatic heterocycles. The Balaban J connectivity index is 2.23. The molecule has 0 aliphatic carbocycles. The van der Waals surface area contributed by atoms with Gasteiger partial charge in [-0.3, -0.25) is 9.89 Å². The molecule has 5 nitrogen and oxygen atoms in total. The highest BCUT2D eigenvalue weighted by molar-refractivity contribution is 5.95. The molecule has 0 amide bonds. The topological polar surface area (TPSA) is 72.1 Å². The van der Waals surface area contributed by atoms with Gasteiger partial charge in [-0.1, -0.05) is 30.3 Å². The van der Waals surface area contributed by atoms with E-state index < -0.39 is 17.2 Å². The average Bonchev–Trinajstić information content (AvgIpc) is 2.63. The molecule has 3 rings (SSSR count). The Labute approximate surface area is 143 Å². The van der Waals surface area contributed by atoms with Gasteiger partial charge >= 0.3 is 5.97 Å². The van der Waals surface area contributed by atoms with E-state index in [1.807, 2.05) is 6.07 Å². The van der Waals surface area contributed by atoms with Crippen LogP contribution in [0.3, 0.4) is 0 Å². The van der Waals surface area contributed by atoms with E-state index in [-0.39, 0.29) is 23.6 Å². The minimum absolute atomic E-state index is 0.0103. The van der Waals surface area contributed by atoms with Crippen molar-refractivity contribution in [3.63, 3.8) is 0 Å². The van der Waals surface area contributed by atoms with Crippen molar-refractivity contribution in [3.05, 3.63) is 76.3 Å². The van der Waals surface area contributed by atoms with Crippen molar-refractivity contribution < 1.29 is 13.9 Å². The van der Waals surface area contributed by atoms with Gasteiger partial charge in [0.2, 0.25) is 5.43 Å². The lowest BCUT2D eigenvalue weighted by molar-refractivity contribution is 0.0519. The second-order valence-electron chi connectivity index (χ2n) is 5.24. The van der Waals surface area contributed by atoms with Crippen LogP contribution in [0.4, 0.5) is 4.39 Å². The number of hydrogen-bond donors (Lipinski definition) is 1. The van der Waals surface area contributed by atoms with Crippen LogP contribution >= 0.6 is 0 Å². The number of rotatable bonds is 4. The van der Waals surface area contributed by atoms with E-state index in [0.717, 1.165) is 0 Å². The van der Waals surface area contributed by atoms with Crippen LogP contribution in [0.25, 0.3) is 22.4 Å². The van der Waals surface area contributed by atoms with Crippen molar-refractivity contribution in [2.45, 2.75) is 6.92 Å². The molecule has 1 heterocycles. The number of hydrogen-bond acceptors (Lipinski definition) is 4. The van der Waals surface area contributed by atoms with Crippen molar-refractivity contribution in [2.24, 2.45) is 0 Å². The predicted octanol–water partition coefficient (Wildman–Crippen LogP) is 3.42. The number of benzene rings is 2. The summed E-state index contributed by atoms with van der Waals surface area (Å²) in [7, 11) is 0. The van der Waals surface area contributed by atoms with Crippen molar-refractivity contribution >= 4 is 5.97 Å². The van der Waals surface area contributed by atoms with Crippen LogP contribution in [0.15, 0.2) is 59.4 Å². The number of halogens is 1. The Kier molecular flexibility index (Phi) is 4.70. The van der Waals surface area contributed by atoms with E-state index in [9.17, 15) is 14.0 Å². The zero-order chi connectivity index (χ0) is 17.8. The maximum absolute atomic E-state index is 13.1. The minimum atomic E-state index is -0.656.